The molecule has 0 saturated carbocycles. The Bertz CT molecular complexity index is 431. The monoisotopic (exact) mass is 247 g/mol. The third-order valence-corrected chi connectivity index (χ3v) is 3.26. The van der Waals surface area contributed by atoms with Gasteiger partial charge in [-0.05, 0) is 36.6 Å². The van der Waals surface area contributed by atoms with Crippen LogP contribution in [0.4, 0.5) is 11.4 Å². The van der Waals surface area contributed by atoms with Gasteiger partial charge in [0.15, 0.2) is 0 Å². The van der Waals surface area contributed by atoms with Crippen LogP contribution in [-0.4, -0.2) is 32.6 Å². The summed E-state index contributed by atoms with van der Waals surface area (Å²) >= 11 is 0. The van der Waals surface area contributed by atoms with Crippen LogP contribution in [0.5, 0.6) is 0 Å². The van der Waals surface area contributed by atoms with E-state index in [0.717, 1.165) is 25.2 Å². The Morgan fingerprint density at radius 2 is 2.22 bits per heavy atom. The first-order valence-corrected chi connectivity index (χ1v) is 6.49. The van der Waals surface area contributed by atoms with E-state index >= 15 is 0 Å². The number of anilines is 2. The Balaban J connectivity index is 1.92. The summed E-state index contributed by atoms with van der Waals surface area (Å²) in [4.78, 5) is 13.0. The topological polar surface area (TPSA) is 44.4 Å². The minimum absolute atomic E-state index is 0.0175. The molecule has 0 bridgehead atoms. The molecule has 0 spiro atoms. The van der Waals surface area contributed by atoms with Crippen molar-refractivity contribution < 1.29 is 4.79 Å². The van der Waals surface area contributed by atoms with Gasteiger partial charge >= 0.3 is 0 Å². The quantitative estimate of drug-likeness (QED) is 0.795. The van der Waals surface area contributed by atoms with E-state index in [1.807, 2.05) is 0 Å². The van der Waals surface area contributed by atoms with Gasteiger partial charge in [-0.1, -0.05) is 0 Å². The van der Waals surface area contributed by atoms with Crippen molar-refractivity contribution in [2.24, 2.45) is 0 Å². The molecule has 0 atom stereocenters. The summed E-state index contributed by atoms with van der Waals surface area (Å²) in [5.41, 5.74) is 3.89. The van der Waals surface area contributed by atoms with Gasteiger partial charge in [0.25, 0.3) is 0 Å². The summed E-state index contributed by atoms with van der Waals surface area (Å²) in [5.74, 6) is 0.0175. The van der Waals surface area contributed by atoms with Gasteiger partial charge in [-0.15, -0.1) is 0 Å². The maximum Gasteiger partial charge on any atom is 0.216 e. The van der Waals surface area contributed by atoms with Crippen molar-refractivity contribution in [1.82, 2.24) is 5.32 Å². The summed E-state index contributed by atoms with van der Waals surface area (Å²) in [6.07, 6.45) is 2.37. The van der Waals surface area contributed by atoms with Crippen LogP contribution in [0.1, 0.15) is 18.9 Å². The Hall–Kier alpha value is -1.71. The number of carbonyl (C=O) groups is 1. The average molecular weight is 247 g/mol. The molecule has 1 heterocycles. The summed E-state index contributed by atoms with van der Waals surface area (Å²) in [6, 6.07) is 6.50. The predicted octanol–water partition coefficient (Wildman–Crippen LogP) is 1.62. The van der Waals surface area contributed by atoms with Crippen LogP contribution in [0.15, 0.2) is 18.2 Å². The van der Waals surface area contributed by atoms with Crippen molar-refractivity contribution in [3.8, 4) is 0 Å². The number of hydrogen-bond acceptors (Lipinski definition) is 3. The highest BCUT2D eigenvalue weighted by Crippen LogP contribution is 2.28. The fourth-order valence-corrected chi connectivity index (χ4v) is 2.34. The van der Waals surface area contributed by atoms with Gasteiger partial charge in [0, 0.05) is 45.0 Å². The van der Waals surface area contributed by atoms with Crippen LogP contribution >= 0.6 is 0 Å². The molecule has 2 rings (SSSR count). The van der Waals surface area contributed by atoms with Gasteiger partial charge in [-0.3, -0.25) is 4.79 Å². The van der Waals surface area contributed by atoms with Crippen molar-refractivity contribution >= 4 is 17.3 Å². The summed E-state index contributed by atoms with van der Waals surface area (Å²) < 4.78 is 0. The van der Waals surface area contributed by atoms with E-state index in [0.29, 0.717) is 6.54 Å². The molecule has 1 amide bonds. The van der Waals surface area contributed by atoms with Crippen LogP contribution < -0.4 is 15.5 Å². The van der Waals surface area contributed by atoms with Gasteiger partial charge in [-0.25, -0.2) is 0 Å². The lowest BCUT2D eigenvalue weighted by Gasteiger charge is -2.27. The highest BCUT2D eigenvalue weighted by atomic mass is 16.1. The van der Waals surface area contributed by atoms with E-state index in [9.17, 15) is 4.79 Å². The molecule has 1 aromatic rings. The minimum atomic E-state index is 0.0175. The number of nitrogens with zero attached hydrogens (tertiary/aromatic N) is 1. The molecule has 0 aromatic heterocycles. The maximum atomic E-state index is 10.7. The average Bonchev–Trinajstić information content (AvgIpc) is 2.35. The number of amides is 1. The van der Waals surface area contributed by atoms with Gasteiger partial charge in [-0.2, -0.15) is 0 Å². The van der Waals surface area contributed by atoms with Crippen molar-refractivity contribution in [3.05, 3.63) is 23.8 Å². The SMILES string of the molecule is CC(=O)NCCNc1ccc2c(c1)CCCN2C. The molecule has 0 unspecified atom stereocenters. The Labute approximate surface area is 108 Å². The summed E-state index contributed by atoms with van der Waals surface area (Å²) in [6.45, 7) is 4.09. The molecule has 2 N–H and O–H groups in total. The first-order chi connectivity index (χ1) is 8.66. The molecular weight excluding hydrogens is 226 g/mol. The zero-order valence-corrected chi connectivity index (χ0v) is 11.1. The number of rotatable bonds is 4. The molecule has 4 nitrogen and oxygen atoms in total. The molecule has 1 aliphatic heterocycles. The first-order valence-electron chi connectivity index (χ1n) is 6.49. The molecule has 18 heavy (non-hydrogen) atoms. The van der Waals surface area contributed by atoms with E-state index in [1.54, 1.807) is 0 Å². The zero-order chi connectivity index (χ0) is 13.0. The lowest BCUT2D eigenvalue weighted by atomic mass is 10.0. The van der Waals surface area contributed by atoms with Crippen molar-refractivity contribution in [1.29, 1.82) is 0 Å². The molecule has 0 fully saturated rings. The zero-order valence-electron chi connectivity index (χ0n) is 11.1. The van der Waals surface area contributed by atoms with E-state index in [4.69, 9.17) is 0 Å². The van der Waals surface area contributed by atoms with Gasteiger partial charge in [0.1, 0.15) is 0 Å². The molecule has 1 aliphatic rings. The van der Waals surface area contributed by atoms with E-state index in [-0.39, 0.29) is 5.91 Å². The summed E-state index contributed by atoms with van der Waals surface area (Å²) in [7, 11) is 2.14. The molecule has 0 radical (unpaired) electrons. The number of benzene rings is 1. The van der Waals surface area contributed by atoms with Crippen molar-refractivity contribution in [2.45, 2.75) is 19.8 Å². The number of fused-ring (bicyclic) bond motifs is 1. The fraction of sp³-hybridized carbons (Fsp3) is 0.500. The highest BCUT2D eigenvalue weighted by Gasteiger charge is 2.13. The highest BCUT2D eigenvalue weighted by molar-refractivity contribution is 5.72. The van der Waals surface area contributed by atoms with Crippen LogP contribution in [0.2, 0.25) is 0 Å². The Morgan fingerprint density at radius 3 is 3.00 bits per heavy atom. The van der Waals surface area contributed by atoms with E-state index in [2.05, 4.69) is 40.8 Å². The molecule has 0 saturated heterocycles. The second-order valence-electron chi connectivity index (χ2n) is 4.78. The minimum Gasteiger partial charge on any atom is -0.383 e. The Morgan fingerprint density at radius 1 is 1.39 bits per heavy atom. The largest absolute Gasteiger partial charge is 0.383 e. The van der Waals surface area contributed by atoms with Crippen LogP contribution in [0.3, 0.4) is 0 Å². The third-order valence-electron chi connectivity index (χ3n) is 3.26. The lowest BCUT2D eigenvalue weighted by Crippen LogP contribution is -2.26. The molecule has 1 aromatic carbocycles. The smallest absolute Gasteiger partial charge is 0.216 e. The van der Waals surface area contributed by atoms with Gasteiger partial charge < -0.3 is 15.5 Å². The molecular formula is C14H21N3O. The van der Waals surface area contributed by atoms with Crippen molar-refractivity contribution in [2.75, 3.05) is 36.9 Å². The Kier molecular flexibility index (Phi) is 4.07. The van der Waals surface area contributed by atoms with Crippen LogP contribution in [-0.2, 0) is 11.2 Å². The molecule has 4 heteroatoms. The van der Waals surface area contributed by atoms with Crippen LogP contribution in [0.25, 0.3) is 0 Å². The van der Waals surface area contributed by atoms with Gasteiger partial charge in [0.05, 0.1) is 0 Å². The number of hydrogen-bond donors (Lipinski definition) is 2. The maximum absolute atomic E-state index is 10.7. The molecule has 0 aliphatic carbocycles. The second-order valence-corrected chi connectivity index (χ2v) is 4.78. The fourth-order valence-electron chi connectivity index (χ4n) is 2.34. The first kappa shape index (κ1) is 12.7. The normalized spacial score (nSPS) is 14.0. The summed E-state index contributed by atoms with van der Waals surface area (Å²) in [5, 5.41) is 6.11. The van der Waals surface area contributed by atoms with E-state index < -0.39 is 0 Å². The molecule has 98 valence electrons. The number of aryl methyl sites for hydroxylation is 1. The van der Waals surface area contributed by atoms with Crippen LogP contribution in [0, 0.1) is 0 Å². The van der Waals surface area contributed by atoms with Crippen molar-refractivity contribution in [3.63, 3.8) is 0 Å². The number of carbonyl (C=O) groups excluding carboxylic acids is 1. The lowest BCUT2D eigenvalue weighted by molar-refractivity contribution is -0.118. The van der Waals surface area contributed by atoms with Gasteiger partial charge in [0.2, 0.25) is 5.91 Å². The third kappa shape index (κ3) is 3.15. The second kappa shape index (κ2) is 5.76. The van der Waals surface area contributed by atoms with E-state index in [1.165, 1.54) is 24.6 Å². The predicted molar refractivity (Wildman–Crippen MR) is 75.2 cm³/mol. The standard InChI is InChI=1S/C14H21N3O/c1-11(18)15-7-8-16-13-5-6-14-12(10-13)4-3-9-17(14)2/h5-6,10,16H,3-4,7-9H2,1-2H3,(H,15,18). The number of nitrogens with one attached hydrogen (secondary N) is 2.